The Morgan fingerprint density at radius 3 is 1.21 bits per heavy atom. The van der Waals surface area contributed by atoms with Gasteiger partial charge < -0.3 is 39.1 Å². The maximum Gasteiger partial charge on any atom is 0.308 e. The number of carbonyl (C=O) groups is 8. The molecule has 4 aromatic rings. The van der Waals surface area contributed by atoms with Gasteiger partial charge in [0.1, 0.15) is 0 Å². The minimum absolute atomic E-state index is 0.0429. The standard InChI is InChI=1S/C40H36N2O14/c1-21(43)51-33-16-14-31(35(53-23(3)45)37(33)55-25(5)47)39(49)41-19-27-10-12-29(13-11-27)30-9-7-8-28(18-30)20-42-40(50)32-15-17-34(52-22(2)44)38(56-26(6)48)36(32)54-24(4)46/h7-18H,19-20H2,1-6H3,(H,41,49)(H,42,50). The molecule has 56 heavy (non-hydrogen) atoms. The number of hydrogen-bond acceptors (Lipinski definition) is 14. The lowest BCUT2D eigenvalue weighted by Gasteiger charge is -2.16. The minimum atomic E-state index is -0.816. The molecule has 0 aromatic heterocycles. The van der Waals surface area contributed by atoms with Gasteiger partial charge in [-0.3, -0.25) is 38.4 Å². The maximum absolute atomic E-state index is 13.3. The van der Waals surface area contributed by atoms with Gasteiger partial charge in [0, 0.05) is 54.6 Å². The molecule has 4 aromatic carbocycles. The van der Waals surface area contributed by atoms with Gasteiger partial charge in [0.15, 0.2) is 23.0 Å². The summed E-state index contributed by atoms with van der Waals surface area (Å²) in [6.07, 6.45) is 0. The average Bonchev–Trinajstić information content (AvgIpc) is 3.11. The molecule has 0 heterocycles. The van der Waals surface area contributed by atoms with Crippen molar-refractivity contribution < 1.29 is 66.8 Å². The molecule has 0 radical (unpaired) electrons. The zero-order chi connectivity index (χ0) is 41.1. The lowest BCUT2D eigenvalue weighted by molar-refractivity contribution is -0.135. The largest absolute Gasteiger partial charge is 0.423 e. The van der Waals surface area contributed by atoms with E-state index >= 15 is 0 Å². The van der Waals surface area contributed by atoms with Crippen LogP contribution >= 0.6 is 0 Å². The molecule has 0 aliphatic heterocycles. The molecule has 0 saturated carbocycles. The Kier molecular flexibility index (Phi) is 13.8. The summed E-state index contributed by atoms with van der Waals surface area (Å²) in [4.78, 5) is 97.2. The Balaban J connectivity index is 1.48. The van der Waals surface area contributed by atoms with E-state index in [-0.39, 0.29) is 35.7 Å². The highest BCUT2D eigenvalue weighted by molar-refractivity contribution is 6.00. The molecule has 0 aliphatic rings. The Bertz CT molecular complexity index is 2230. The number of amides is 2. The van der Waals surface area contributed by atoms with Crippen molar-refractivity contribution in [2.24, 2.45) is 0 Å². The fourth-order valence-corrected chi connectivity index (χ4v) is 5.12. The molecular formula is C40H36N2O14. The van der Waals surface area contributed by atoms with E-state index in [0.29, 0.717) is 11.1 Å². The van der Waals surface area contributed by atoms with E-state index in [4.69, 9.17) is 28.4 Å². The van der Waals surface area contributed by atoms with Crippen molar-refractivity contribution >= 4 is 47.6 Å². The van der Waals surface area contributed by atoms with Crippen molar-refractivity contribution in [2.45, 2.75) is 54.6 Å². The summed E-state index contributed by atoms with van der Waals surface area (Å²) in [5, 5.41) is 5.47. The summed E-state index contributed by atoms with van der Waals surface area (Å²) >= 11 is 0. The van der Waals surface area contributed by atoms with E-state index in [0.717, 1.165) is 52.7 Å². The second-order valence-electron chi connectivity index (χ2n) is 11.9. The topological polar surface area (TPSA) is 216 Å². The molecule has 2 N–H and O–H groups in total. The quantitative estimate of drug-likeness (QED) is 0.139. The SMILES string of the molecule is CC(=O)Oc1ccc(C(=O)NCc2ccc(-c3cccc(CNC(=O)c4ccc(OC(C)=O)c(OC(C)=O)c4OC(C)=O)c3)cc2)c(OC(C)=O)c1OC(C)=O. The lowest BCUT2D eigenvalue weighted by atomic mass is 10.0. The van der Waals surface area contributed by atoms with Crippen LogP contribution in [0.2, 0.25) is 0 Å². The average molecular weight is 769 g/mol. The number of esters is 6. The van der Waals surface area contributed by atoms with Crippen LogP contribution in [0.3, 0.4) is 0 Å². The number of ether oxygens (including phenoxy) is 6. The zero-order valence-electron chi connectivity index (χ0n) is 31.1. The predicted molar refractivity (Wildman–Crippen MR) is 195 cm³/mol. The molecule has 0 unspecified atom stereocenters. The summed E-state index contributed by atoms with van der Waals surface area (Å²) in [6.45, 7) is 6.70. The molecule has 16 heteroatoms. The highest BCUT2D eigenvalue weighted by Crippen LogP contribution is 2.42. The van der Waals surface area contributed by atoms with Crippen LogP contribution in [0.15, 0.2) is 72.8 Å². The van der Waals surface area contributed by atoms with Gasteiger partial charge in [0.2, 0.25) is 11.5 Å². The van der Waals surface area contributed by atoms with E-state index in [1.54, 1.807) is 24.3 Å². The number of carbonyl (C=O) groups excluding carboxylic acids is 8. The first-order valence-electron chi connectivity index (χ1n) is 16.7. The molecule has 16 nitrogen and oxygen atoms in total. The molecular weight excluding hydrogens is 732 g/mol. The van der Waals surface area contributed by atoms with Gasteiger partial charge in [-0.05, 0) is 52.6 Å². The first-order chi connectivity index (χ1) is 26.5. The molecule has 0 spiro atoms. The van der Waals surface area contributed by atoms with E-state index in [2.05, 4.69) is 10.6 Å². The number of rotatable bonds is 13. The highest BCUT2D eigenvalue weighted by Gasteiger charge is 2.27. The summed E-state index contributed by atoms with van der Waals surface area (Å²) in [5.41, 5.74) is 2.70. The third-order valence-electron chi connectivity index (χ3n) is 7.25. The van der Waals surface area contributed by atoms with Gasteiger partial charge in [-0.2, -0.15) is 0 Å². The van der Waals surface area contributed by atoms with E-state index in [9.17, 15) is 38.4 Å². The van der Waals surface area contributed by atoms with E-state index < -0.39 is 70.6 Å². The monoisotopic (exact) mass is 768 g/mol. The van der Waals surface area contributed by atoms with Gasteiger partial charge >= 0.3 is 35.8 Å². The third-order valence-corrected chi connectivity index (χ3v) is 7.25. The Morgan fingerprint density at radius 1 is 0.411 bits per heavy atom. The van der Waals surface area contributed by atoms with Crippen LogP contribution in [-0.4, -0.2) is 47.6 Å². The molecule has 0 atom stereocenters. The van der Waals surface area contributed by atoms with Crippen LogP contribution in [0.4, 0.5) is 0 Å². The molecule has 0 saturated heterocycles. The van der Waals surface area contributed by atoms with Gasteiger partial charge in [-0.15, -0.1) is 0 Å². The molecule has 0 aliphatic carbocycles. The fourth-order valence-electron chi connectivity index (χ4n) is 5.12. The zero-order valence-corrected chi connectivity index (χ0v) is 31.1. The molecule has 0 fully saturated rings. The first-order valence-corrected chi connectivity index (χ1v) is 16.7. The van der Waals surface area contributed by atoms with Crippen LogP contribution in [0.25, 0.3) is 11.1 Å². The molecule has 4 rings (SSSR count). The van der Waals surface area contributed by atoms with Gasteiger partial charge in [-0.25, -0.2) is 0 Å². The Morgan fingerprint density at radius 2 is 0.804 bits per heavy atom. The van der Waals surface area contributed by atoms with Gasteiger partial charge in [0.25, 0.3) is 11.8 Å². The van der Waals surface area contributed by atoms with Crippen LogP contribution in [-0.2, 0) is 41.9 Å². The van der Waals surface area contributed by atoms with Crippen LogP contribution in [0, 0.1) is 0 Å². The van der Waals surface area contributed by atoms with Crippen molar-refractivity contribution in [1.82, 2.24) is 10.6 Å². The summed E-state index contributed by atoms with van der Waals surface area (Å²) in [6, 6.07) is 19.5. The Labute approximate surface area is 320 Å². The van der Waals surface area contributed by atoms with Crippen molar-refractivity contribution in [2.75, 3.05) is 0 Å². The number of benzene rings is 4. The maximum atomic E-state index is 13.3. The second-order valence-corrected chi connectivity index (χ2v) is 11.9. The molecule has 2 amide bonds. The molecule has 290 valence electrons. The number of nitrogens with one attached hydrogen (secondary N) is 2. The smallest absolute Gasteiger partial charge is 0.308 e. The van der Waals surface area contributed by atoms with Crippen molar-refractivity contribution in [3.63, 3.8) is 0 Å². The second kappa shape index (κ2) is 18.6. The highest BCUT2D eigenvalue weighted by atomic mass is 16.6. The predicted octanol–water partition coefficient (Wildman–Crippen LogP) is 4.77. The van der Waals surface area contributed by atoms with Crippen molar-refractivity contribution in [3.8, 4) is 45.6 Å². The van der Waals surface area contributed by atoms with E-state index in [1.165, 1.54) is 24.3 Å². The van der Waals surface area contributed by atoms with Crippen LogP contribution < -0.4 is 39.1 Å². The van der Waals surface area contributed by atoms with E-state index in [1.807, 2.05) is 24.3 Å². The number of hydrogen-bond donors (Lipinski definition) is 2. The molecule has 0 bridgehead atoms. The van der Waals surface area contributed by atoms with Crippen molar-refractivity contribution in [1.29, 1.82) is 0 Å². The summed E-state index contributed by atoms with van der Waals surface area (Å²) in [5.74, 6) is -8.14. The normalized spacial score (nSPS) is 10.3. The first kappa shape index (κ1) is 41.4. The van der Waals surface area contributed by atoms with Crippen molar-refractivity contribution in [3.05, 3.63) is 95.1 Å². The Hall–Kier alpha value is -7.36. The van der Waals surface area contributed by atoms with Crippen LogP contribution in [0.1, 0.15) is 73.4 Å². The fraction of sp³-hybridized carbons (Fsp3) is 0.200. The summed E-state index contributed by atoms with van der Waals surface area (Å²) in [7, 11) is 0. The van der Waals surface area contributed by atoms with Gasteiger partial charge in [0.05, 0.1) is 11.1 Å². The minimum Gasteiger partial charge on any atom is -0.423 e. The van der Waals surface area contributed by atoms with Crippen LogP contribution in [0.5, 0.6) is 34.5 Å². The van der Waals surface area contributed by atoms with Gasteiger partial charge in [-0.1, -0.05) is 42.5 Å². The lowest BCUT2D eigenvalue weighted by Crippen LogP contribution is -2.24. The third kappa shape index (κ3) is 11.3. The summed E-state index contributed by atoms with van der Waals surface area (Å²) < 4.78 is 30.9.